The first-order chi connectivity index (χ1) is 30.9. The van der Waals surface area contributed by atoms with Gasteiger partial charge in [-0.2, -0.15) is 15.8 Å². The van der Waals surface area contributed by atoms with Crippen LogP contribution in [0.3, 0.4) is 0 Å². The fraction of sp³-hybridized carbons (Fsp3) is 0.239. The highest BCUT2D eigenvalue weighted by Gasteiger charge is 2.17. The van der Waals surface area contributed by atoms with E-state index < -0.39 is 11.9 Å². The summed E-state index contributed by atoms with van der Waals surface area (Å²) < 4.78 is 32.3. The van der Waals surface area contributed by atoms with E-state index in [9.17, 15) is 20.0 Å². The maximum atomic E-state index is 11.6. The molecule has 0 unspecified atom stereocenters. The molecular weight excluding hydrogens is 846 g/mol. The summed E-state index contributed by atoms with van der Waals surface area (Å²) in [7, 11) is 6.36. The van der Waals surface area contributed by atoms with Gasteiger partial charge >= 0.3 is 11.9 Å². The molecule has 0 saturated carbocycles. The lowest BCUT2D eigenvalue weighted by Gasteiger charge is -2.16. The first kappa shape index (κ1) is 50.5. The number of fused-ring (bicyclic) bond motifs is 2. The molecule has 6 rings (SSSR count). The van der Waals surface area contributed by atoms with E-state index in [4.69, 9.17) is 61.4 Å². The highest BCUT2D eigenvalue weighted by atomic mass is 35.5. The van der Waals surface area contributed by atoms with Crippen LogP contribution in [0, 0.1) is 34.0 Å². The maximum Gasteiger partial charge on any atom is 0.337 e. The molecule has 0 amide bonds. The summed E-state index contributed by atoms with van der Waals surface area (Å²) >= 11 is 6.19. The first-order valence-corrected chi connectivity index (χ1v) is 19.5. The molecule has 0 spiro atoms. The summed E-state index contributed by atoms with van der Waals surface area (Å²) in [4.78, 5) is 30.5. The number of carboxylic acids is 2. The van der Waals surface area contributed by atoms with Gasteiger partial charge in [0, 0.05) is 88.2 Å². The second kappa shape index (κ2) is 26.5. The van der Waals surface area contributed by atoms with Crippen LogP contribution >= 0.6 is 11.6 Å². The molecule has 2 aromatic heterocycles. The number of nitrogens with one attached hydrogen (secondary N) is 1. The molecule has 0 fully saturated rings. The number of nitrogens with two attached hydrogens (primary N) is 1. The molecule has 17 nitrogen and oxygen atoms in total. The van der Waals surface area contributed by atoms with Crippen molar-refractivity contribution in [1.29, 1.82) is 15.8 Å². The monoisotopic (exact) mass is 891 g/mol. The van der Waals surface area contributed by atoms with E-state index in [-0.39, 0.29) is 16.7 Å². The van der Waals surface area contributed by atoms with E-state index in [1.165, 1.54) is 38.6 Å². The van der Waals surface area contributed by atoms with Crippen LogP contribution in [0.4, 0.5) is 17.1 Å². The Labute approximate surface area is 374 Å². The van der Waals surface area contributed by atoms with Gasteiger partial charge in [-0.1, -0.05) is 35.9 Å². The number of para-hydroxylation sites is 2. The van der Waals surface area contributed by atoms with E-state index in [2.05, 4.69) is 21.4 Å². The zero-order valence-electron chi connectivity index (χ0n) is 35.7. The molecule has 64 heavy (non-hydrogen) atoms. The van der Waals surface area contributed by atoms with E-state index in [0.29, 0.717) is 98.9 Å². The number of nitriles is 3. The van der Waals surface area contributed by atoms with Crippen molar-refractivity contribution in [3.05, 3.63) is 112 Å². The summed E-state index contributed by atoms with van der Waals surface area (Å²) in [6, 6.07) is 25.7. The largest absolute Gasteiger partial charge is 0.493 e. The summed E-state index contributed by atoms with van der Waals surface area (Å²) in [6.45, 7) is 3.60. The zero-order valence-corrected chi connectivity index (χ0v) is 36.4. The Bertz CT molecular complexity index is 2660. The van der Waals surface area contributed by atoms with E-state index in [1.807, 2.05) is 6.07 Å². The van der Waals surface area contributed by atoms with Crippen molar-refractivity contribution in [3.63, 3.8) is 0 Å². The number of ether oxygens (including phenoxy) is 6. The van der Waals surface area contributed by atoms with Crippen molar-refractivity contribution in [3.8, 4) is 41.2 Å². The Morgan fingerprint density at radius 1 is 0.688 bits per heavy atom. The molecule has 0 aliphatic rings. The summed E-state index contributed by atoms with van der Waals surface area (Å²) in [5.41, 5.74) is 8.54. The Hall–Kier alpha value is -7.88. The van der Waals surface area contributed by atoms with Crippen LogP contribution in [-0.2, 0) is 9.47 Å². The number of nitrogens with zero attached hydrogens (tertiary/aromatic N) is 5. The van der Waals surface area contributed by atoms with Crippen LogP contribution in [0.2, 0.25) is 5.02 Å². The average molecular weight is 892 g/mol. The highest BCUT2D eigenvalue weighted by molar-refractivity contribution is 6.36. The predicted molar refractivity (Wildman–Crippen MR) is 241 cm³/mol. The Balaban J connectivity index is 0.000000276. The number of benzene rings is 4. The third-order valence-electron chi connectivity index (χ3n) is 8.59. The van der Waals surface area contributed by atoms with E-state index >= 15 is 0 Å². The van der Waals surface area contributed by atoms with Gasteiger partial charge in [-0.05, 0) is 36.4 Å². The molecule has 0 radical (unpaired) electrons. The first-order valence-electron chi connectivity index (χ1n) is 19.1. The van der Waals surface area contributed by atoms with E-state index in [1.54, 1.807) is 88.1 Å². The number of aromatic nitrogens is 2. The van der Waals surface area contributed by atoms with Crippen molar-refractivity contribution in [2.75, 3.05) is 65.9 Å². The van der Waals surface area contributed by atoms with Gasteiger partial charge in [0.2, 0.25) is 0 Å². The van der Waals surface area contributed by atoms with Crippen molar-refractivity contribution < 1.29 is 48.2 Å². The molecule has 2 heterocycles. The molecule has 0 aliphatic heterocycles. The van der Waals surface area contributed by atoms with Gasteiger partial charge < -0.3 is 49.7 Å². The van der Waals surface area contributed by atoms with Crippen LogP contribution in [0.1, 0.15) is 51.6 Å². The highest BCUT2D eigenvalue weighted by Crippen LogP contribution is 2.38. The predicted octanol–water partition coefficient (Wildman–Crippen LogP) is 8.65. The van der Waals surface area contributed by atoms with Gasteiger partial charge in [0.05, 0.1) is 83.2 Å². The van der Waals surface area contributed by atoms with Gasteiger partial charge in [0.1, 0.15) is 12.1 Å². The molecule has 0 saturated heterocycles. The molecule has 0 atom stereocenters. The standard InChI is InChI=1S/C22H21N3O5.C15H15ClN2O3.C7H7NO2.C2H3N/c1-28-8-5-9-30-20-11-18-16(10-19(20)29-2)21(14(12-23)13-24-18)25-17-7-4-3-6-15(17)22(26)27;1-19-4-3-5-21-14-7-12-11(6-13(14)20-2)15(16)10(8-17)9-18-12;8-6-4-2-1-3-5(6)7(9)10;1-2-3/h3-4,6-7,10-11,13H,5,8-9H2,1-2H3,(H,24,25)(H,26,27);6-7,9H,3-5H2,1-2H3;1-4H,8H2,(H,9,10);1H3. The number of anilines is 3. The minimum Gasteiger partial charge on any atom is -0.493 e. The van der Waals surface area contributed by atoms with Crippen LogP contribution < -0.4 is 30.0 Å². The molecule has 18 heteroatoms. The Morgan fingerprint density at radius 2 is 1.16 bits per heavy atom. The fourth-order valence-electron chi connectivity index (χ4n) is 5.59. The third-order valence-corrected chi connectivity index (χ3v) is 9.00. The lowest BCUT2D eigenvalue weighted by Crippen LogP contribution is -2.05. The summed E-state index contributed by atoms with van der Waals surface area (Å²) in [6.07, 6.45) is 4.39. The van der Waals surface area contributed by atoms with Crippen LogP contribution in [-0.4, -0.2) is 87.0 Å². The molecule has 5 N–H and O–H groups in total. The number of halogens is 1. The number of rotatable bonds is 16. The fourth-order valence-corrected chi connectivity index (χ4v) is 5.83. The Kier molecular flexibility index (Phi) is 20.9. The topological polar surface area (TPSA) is 265 Å². The molecule has 4 aromatic carbocycles. The number of hydrogen-bond acceptors (Lipinski definition) is 15. The lowest BCUT2D eigenvalue weighted by atomic mass is 10.1. The van der Waals surface area contributed by atoms with Gasteiger partial charge in [-0.3, -0.25) is 9.97 Å². The normalized spacial score (nSPS) is 9.86. The van der Waals surface area contributed by atoms with Crippen molar-refractivity contribution in [2.24, 2.45) is 0 Å². The Morgan fingerprint density at radius 3 is 1.62 bits per heavy atom. The van der Waals surface area contributed by atoms with Crippen LogP contribution in [0.5, 0.6) is 23.0 Å². The molecule has 0 aliphatic carbocycles. The number of hydrogen-bond donors (Lipinski definition) is 4. The third kappa shape index (κ3) is 14.1. The molecule has 6 aromatic rings. The SMILES string of the molecule is CC#N.COCCCOc1cc2ncc(C#N)c(Cl)c2cc1OC.COCCCOc1cc2ncc(C#N)c(Nc3ccccc3C(=O)O)c2cc1OC.Nc1ccccc1C(=O)O. The summed E-state index contributed by atoms with van der Waals surface area (Å²) in [5, 5.41) is 48.5. The molecule has 0 bridgehead atoms. The molecule has 332 valence electrons. The van der Waals surface area contributed by atoms with Crippen molar-refractivity contribution in [1.82, 2.24) is 9.97 Å². The van der Waals surface area contributed by atoms with Crippen molar-refractivity contribution in [2.45, 2.75) is 19.8 Å². The van der Waals surface area contributed by atoms with Gasteiger partial charge in [0.25, 0.3) is 0 Å². The minimum absolute atomic E-state index is 0.0939. The molecular formula is C46H46ClN7O10. The van der Waals surface area contributed by atoms with E-state index in [0.717, 1.165) is 12.8 Å². The maximum absolute atomic E-state index is 11.6. The average Bonchev–Trinajstić information content (AvgIpc) is 3.30. The second-order valence-corrected chi connectivity index (χ2v) is 13.2. The number of aromatic carboxylic acids is 2. The number of carboxylic acid groups (broad SMARTS) is 2. The van der Waals surface area contributed by atoms with Gasteiger partial charge in [-0.15, -0.1) is 0 Å². The smallest absolute Gasteiger partial charge is 0.337 e. The van der Waals surface area contributed by atoms with Crippen LogP contribution in [0.25, 0.3) is 21.8 Å². The second-order valence-electron chi connectivity index (χ2n) is 12.8. The number of pyridine rings is 2. The van der Waals surface area contributed by atoms with Crippen LogP contribution in [0.15, 0.2) is 85.2 Å². The summed E-state index contributed by atoms with van der Waals surface area (Å²) in [5.74, 6) is 0.0899. The minimum atomic E-state index is -1.07. The van der Waals surface area contributed by atoms with Gasteiger partial charge in [0.15, 0.2) is 23.0 Å². The lowest BCUT2D eigenvalue weighted by molar-refractivity contribution is 0.0687. The number of methoxy groups -OCH3 is 4. The number of nitrogen functional groups attached to an aromatic ring is 1. The van der Waals surface area contributed by atoms with Gasteiger partial charge in [-0.25, -0.2) is 9.59 Å². The zero-order chi connectivity index (χ0) is 47.0. The number of carbonyl (C=O) groups is 2. The quantitative estimate of drug-likeness (QED) is 0.0523. The van der Waals surface area contributed by atoms with Crippen molar-refractivity contribution >= 4 is 62.4 Å².